The second-order valence-electron chi connectivity index (χ2n) is 5.35. The lowest BCUT2D eigenvalue weighted by atomic mass is 10.1. The lowest BCUT2D eigenvalue weighted by Crippen LogP contribution is -2.09. The highest BCUT2D eigenvalue weighted by Crippen LogP contribution is 2.22. The van der Waals surface area contributed by atoms with Gasteiger partial charge in [-0.15, -0.1) is 15.3 Å². The van der Waals surface area contributed by atoms with Crippen LogP contribution >= 0.6 is 0 Å². The summed E-state index contributed by atoms with van der Waals surface area (Å²) >= 11 is 0. The average Bonchev–Trinajstić information content (AvgIpc) is 3.30. The van der Waals surface area contributed by atoms with Crippen molar-refractivity contribution in [2.45, 2.75) is 13.0 Å². The highest BCUT2D eigenvalue weighted by Gasteiger charge is 2.09. The van der Waals surface area contributed by atoms with Crippen molar-refractivity contribution < 1.29 is 0 Å². The number of rotatable bonds is 6. The molecule has 8 nitrogen and oxygen atoms in total. The number of nitrogens with one attached hydrogen (secondary N) is 1. The zero-order valence-corrected chi connectivity index (χ0v) is 12.9. The molecule has 0 amide bonds. The van der Waals surface area contributed by atoms with Crippen molar-refractivity contribution in [3.05, 3.63) is 55.1 Å². The summed E-state index contributed by atoms with van der Waals surface area (Å²) in [7, 11) is 0. The van der Waals surface area contributed by atoms with E-state index in [0.717, 1.165) is 42.1 Å². The molecule has 0 aliphatic rings. The molecule has 120 valence electrons. The van der Waals surface area contributed by atoms with Crippen LogP contribution < -0.4 is 5.32 Å². The SMILES string of the molecule is c1ccc(-c2cc(NCCCn3ccnn3)c3nncn3n2)cc1. The number of anilines is 1. The van der Waals surface area contributed by atoms with Crippen molar-refractivity contribution in [2.75, 3.05) is 11.9 Å². The first-order valence-corrected chi connectivity index (χ1v) is 7.74. The van der Waals surface area contributed by atoms with E-state index in [2.05, 4.69) is 30.9 Å². The maximum atomic E-state index is 4.56. The molecule has 3 aromatic heterocycles. The monoisotopic (exact) mass is 320 g/mol. The summed E-state index contributed by atoms with van der Waals surface area (Å²) in [6, 6.07) is 12.1. The molecule has 1 N–H and O–H groups in total. The first-order chi connectivity index (χ1) is 11.9. The van der Waals surface area contributed by atoms with Crippen LogP contribution in [0.15, 0.2) is 55.1 Å². The van der Waals surface area contributed by atoms with E-state index >= 15 is 0 Å². The van der Waals surface area contributed by atoms with E-state index in [-0.39, 0.29) is 0 Å². The molecule has 0 spiro atoms. The maximum Gasteiger partial charge on any atom is 0.200 e. The molecule has 0 saturated heterocycles. The van der Waals surface area contributed by atoms with Crippen LogP contribution in [-0.4, -0.2) is 41.4 Å². The van der Waals surface area contributed by atoms with Crippen molar-refractivity contribution in [3.63, 3.8) is 0 Å². The number of nitrogens with zero attached hydrogens (tertiary/aromatic N) is 7. The third-order valence-corrected chi connectivity index (χ3v) is 3.69. The summed E-state index contributed by atoms with van der Waals surface area (Å²) in [5.41, 5.74) is 3.57. The topological polar surface area (TPSA) is 85.8 Å². The van der Waals surface area contributed by atoms with Crippen molar-refractivity contribution >= 4 is 11.3 Å². The molecule has 1 aromatic carbocycles. The van der Waals surface area contributed by atoms with Crippen LogP contribution in [0.2, 0.25) is 0 Å². The molecule has 0 bridgehead atoms. The molecule has 4 aromatic rings. The van der Waals surface area contributed by atoms with E-state index in [9.17, 15) is 0 Å². The van der Waals surface area contributed by atoms with Crippen molar-refractivity contribution in [1.29, 1.82) is 0 Å². The zero-order valence-electron chi connectivity index (χ0n) is 12.9. The number of fused-ring (bicyclic) bond motifs is 1. The minimum absolute atomic E-state index is 0.718. The number of benzene rings is 1. The molecule has 0 fully saturated rings. The predicted octanol–water partition coefficient (Wildman–Crippen LogP) is 1.88. The van der Waals surface area contributed by atoms with Crippen LogP contribution in [0.4, 0.5) is 5.69 Å². The Kier molecular flexibility index (Phi) is 3.85. The van der Waals surface area contributed by atoms with Gasteiger partial charge in [-0.3, -0.25) is 4.68 Å². The lowest BCUT2D eigenvalue weighted by Gasteiger charge is -2.09. The highest BCUT2D eigenvalue weighted by atomic mass is 15.4. The van der Waals surface area contributed by atoms with Crippen LogP contribution in [0.25, 0.3) is 16.9 Å². The first kappa shape index (κ1) is 14.3. The van der Waals surface area contributed by atoms with E-state index in [1.807, 2.05) is 47.3 Å². The third kappa shape index (κ3) is 2.94. The van der Waals surface area contributed by atoms with Crippen LogP contribution in [0, 0.1) is 0 Å². The van der Waals surface area contributed by atoms with Gasteiger partial charge in [0.05, 0.1) is 17.6 Å². The largest absolute Gasteiger partial charge is 0.382 e. The number of aryl methyl sites for hydroxylation is 1. The summed E-state index contributed by atoms with van der Waals surface area (Å²) in [6.07, 6.45) is 6.08. The molecule has 0 saturated carbocycles. The highest BCUT2D eigenvalue weighted by molar-refractivity contribution is 5.73. The maximum absolute atomic E-state index is 4.56. The van der Waals surface area contributed by atoms with Gasteiger partial charge in [0.1, 0.15) is 6.33 Å². The second kappa shape index (κ2) is 6.45. The predicted molar refractivity (Wildman–Crippen MR) is 89.3 cm³/mol. The van der Waals surface area contributed by atoms with E-state index in [4.69, 9.17) is 0 Å². The van der Waals surface area contributed by atoms with Gasteiger partial charge in [-0.2, -0.15) is 9.61 Å². The Labute approximate surface area is 138 Å². The second-order valence-corrected chi connectivity index (χ2v) is 5.35. The van der Waals surface area contributed by atoms with E-state index in [1.165, 1.54) is 0 Å². The average molecular weight is 320 g/mol. The normalized spacial score (nSPS) is 11.0. The Balaban J connectivity index is 1.54. The van der Waals surface area contributed by atoms with Crippen LogP contribution in [0.3, 0.4) is 0 Å². The fourth-order valence-corrected chi connectivity index (χ4v) is 2.52. The molecule has 3 heterocycles. The Morgan fingerprint density at radius 1 is 1.08 bits per heavy atom. The fraction of sp³-hybridized carbons (Fsp3) is 0.188. The summed E-state index contributed by atoms with van der Waals surface area (Å²) in [6.45, 7) is 1.60. The van der Waals surface area contributed by atoms with Crippen LogP contribution in [0.5, 0.6) is 0 Å². The van der Waals surface area contributed by atoms with Crippen molar-refractivity contribution in [3.8, 4) is 11.3 Å². The van der Waals surface area contributed by atoms with Gasteiger partial charge in [0, 0.05) is 24.8 Å². The van der Waals surface area contributed by atoms with Gasteiger partial charge in [0.2, 0.25) is 5.65 Å². The van der Waals surface area contributed by atoms with E-state index in [0.29, 0.717) is 0 Å². The quantitative estimate of drug-likeness (QED) is 0.546. The van der Waals surface area contributed by atoms with Gasteiger partial charge in [0.25, 0.3) is 0 Å². The summed E-state index contributed by atoms with van der Waals surface area (Å²) in [5.74, 6) is 0. The molecule has 0 radical (unpaired) electrons. The Bertz CT molecular complexity index is 914. The third-order valence-electron chi connectivity index (χ3n) is 3.69. The molecule has 0 aliphatic heterocycles. The summed E-state index contributed by atoms with van der Waals surface area (Å²) < 4.78 is 3.51. The van der Waals surface area contributed by atoms with Gasteiger partial charge in [0.15, 0.2) is 0 Å². The van der Waals surface area contributed by atoms with Gasteiger partial charge in [-0.05, 0) is 12.5 Å². The summed E-state index contributed by atoms with van der Waals surface area (Å²) in [4.78, 5) is 0. The molecule has 0 unspecified atom stereocenters. The fourth-order valence-electron chi connectivity index (χ4n) is 2.52. The molecule has 8 heteroatoms. The summed E-state index contributed by atoms with van der Waals surface area (Å²) in [5, 5.41) is 23.8. The van der Waals surface area contributed by atoms with Crippen molar-refractivity contribution in [2.24, 2.45) is 0 Å². The molecule has 24 heavy (non-hydrogen) atoms. The minimum atomic E-state index is 0.718. The minimum Gasteiger partial charge on any atom is -0.382 e. The van der Waals surface area contributed by atoms with Crippen LogP contribution in [0.1, 0.15) is 6.42 Å². The number of aromatic nitrogens is 7. The van der Waals surface area contributed by atoms with Crippen molar-refractivity contribution in [1.82, 2.24) is 34.8 Å². The van der Waals surface area contributed by atoms with Gasteiger partial charge in [-0.1, -0.05) is 35.5 Å². The molecule has 0 aliphatic carbocycles. The molecular formula is C16H16N8. The number of hydrogen-bond donors (Lipinski definition) is 1. The van der Waals surface area contributed by atoms with Crippen LogP contribution in [-0.2, 0) is 6.54 Å². The Hall–Kier alpha value is -3.29. The van der Waals surface area contributed by atoms with E-state index in [1.54, 1.807) is 17.0 Å². The first-order valence-electron chi connectivity index (χ1n) is 7.74. The standard InChI is InChI=1S/C16H16N8/c1-2-5-13(6-3-1)14-11-15(16-20-19-12-24(16)21-14)17-7-4-9-23-10-8-18-22-23/h1-3,5-6,8,10-12,17H,4,7,9H2. The van der Waals surface area contributed by atoms with Gasteiger partial charge in [-0.25, -0.2) is 0 Å². The molecule has 4 rings (SSSR count). The molecular weight excluding hydrogens is 304 g/mol. The van der Waals surface area contributed by atoms with Gasteiger partial charge < -0.3 is 5.32 Å². The Morgan fingerprint density at radius 3 is 2.83 bits per heavy atom. The lowest BCUT2D eigenvalue weighted by molar-refractivity contribution is 0.570. The Morgan fingerprint density at radius 2 is 2.00 bits per heavy atom. The smallest absolute Gasteiger partial charge is 0.200 e. The number of hydrogen-bond acceptors (Lipinski definition) is 6. The van der Waals surface area contributed by atoms with E-state index < -0.39 is 0 Å². The zero-order chi connectivity index (χ0) is 16.2. The van der Waals surface area contributed by atoms with Gasteiger partial charge >= 0.3 is 0 Å². The molecule has 0 atom stereocenters.